The zero-order valence-electron chi connectivity index (χ0n) is 10.6. The van der Waals surface area contributed by atoms with Crippen LogP contribution in [0.5, 0.6) is 0 Å². The van der Waals surface area contributed by atoms with Gasteiger partial charge in [0, 0.05) is 10.4 Å². The molecule has 18 heavy (non-hydrogen) atoms. The number of imidazole rings is 1. The Balaban J connectivity index is 2.11. The van der Waals surface area contributed by atoms with E-state index in [-0.39, 0.29) is 11.2 Å². The standard InChI is InChI=1S/C13H15ClN2OS/c1-13(2,3)11(17)7-18-12-15-9-5-4-8(14)6-10(9)16-12/h4-6H,7H2,1-3H3,(H,15,16). The molecule has 0 spiro atoms. The molecule has 0 atom stereocenters. The van der Waals surface area contributed by atoms with Crippen LogP contribution in [0.1, 0.15) is 20.8 Å². The molecule has 0 fully saturated rings. The van der Waals surface area contributed by atoms with Crippen LogP contribution in [0, 0.1) is 5.41 Å². The van der Waals surface area contributed by atoms with Crippen LogP contribution >= 0.6 is 23.4 Å². The highest BCUT2D eigenvalue weighted by atomic mass is 35.5. The van der Waals surface area contributed by atoms with Gasteiger partial charge in [0.25, 0.3) is 0 Å². The number of nitrogens with zero attached hydrogens (tertiary/aromatic N) is 1. The van der Waals surface area contributed by atoms with E-state index in [2.05, 4.69) is 9.97 Å². The molecule has 2 rings (SSSR count). The van der Waals surface area contributed by atoms with Crippen LogP contribution in [-0.2, 0) is 4.79 Å². The summed E-state index contributed by atoms with van der Waals surface area (Å²) in [5, 5.41) is 1.43. The van der Waals surface area contributed by atoms with Crippen LogP contribution in [0.4, 0.5) is 0 Å². The Bertz CT molecular complexity index is 586. The molecule has 0 saturated heterocycles. The number of aromatic amines is 1. The van der Waals surface area contributed by atoms with Crippen LogP contribution < -0.4 is 0 Å². The molecule has 0 unspecified atom stereocenters. The fraction of sp³-hybridized carbons (Fsp3) is 0.385. The molecule has 5 heteroatoms. The minimum absolute atomic E-state index is 0.214. The number of H-pyrrole nitrogens is 1. The van der Waals surface area contributed by atoms with E-state index in [4.69, 9.17) is 11.6 Å². The molecular weight excluding hydrogens is 268 g/mol. The van der Waals surface area contributed by atoms with Crippen LogP contribution in [0.3, 0.4) is 0 Å². The summed E-state index contributed by atoms with van der Waals surface area (Å²) in [6.07, 6.45) is 0. The second-order valence-electron chi connectivity index (χ2n) is 5.17. The third kappa shape index (κ3) is 3.06. The number of ketones is 1. The lowest BCUT2D eigenvalue weighted by atomic mass is 9.92. The number of thioether (sulfide) groups is 1. The van der Waals surface area contributed by atoms with Gasteiger partial charge in [-0.15, -0.1) is 0 Å². The summed E-state index contributed by atoms with van der Waals surface area (Å²) in [5.74, 6) is 0.642. The van der Waals surface area contributed by atoms with Gasteiger partial charge in [-0.05, 0) is 18.2 Å². The molecule has 0 saturated carbocycles. The topological polar surface area (TPSA) is 45.8 Å². The number of hydrogen-bond acceptors (Lipinski definition) is 3. The van der Waals surface area contributed by atoms with E-state index in [1.807, 2.05) is 32.9 Å². The van der Waals surface area contributed by atoms with Crippen molar-refractivity contribution in [3.8, 4) is 0 Å². The summed E-state index contributed by atoms with van der Waals surface area (Å²) in [7, 11) is 0. The third-order valence-electron chi connectivity index (χ3n) is 2.60. The van der Waals surface area contributed by atoms with Gasteiger partial charge >= 0.3 is 0 Å². The smallest absolute Gasteiger partial charge is 0.166 e. The van der Waals surface area contributed by atoms with Crippen molar-refractivity contribution in [2.24, 2.45) is 5.41 Å². The average molecular weight is 283 g/mol. The van der Waals surface area contributed by atoms with Crippen molar-refractivity contribution in [2.75, 3.05) is 5.75 Å². The number of halogens is 1. The lowest BCUT2D eigenvalue weighted by molar-refractivity contribution is -0.123. The molecule has 0 aliphatic carbocycles. The Kier molecular flexibility index (Phi) is 3.69. The van der Waals surface area contributed by atoms with E-state index in [1.165, 1.54) is 11.8 Å². The molecule has 0 aliphatic heterocycles. The summed E-state index contributed by atoms with van der Waals surface area (Å²) >= 11 is 7.33. The van der Waals surface area contributed by atoms with Crippen molar-refractivity contribution in [3.63, 3.8) is 0 Å². The van der Waals surface area contributed by atoms with Gasteiger partial charge in [-0.3, -0.25) is 4.79 Å². The van der Waals surface area contributed by atoms with Crippen molar-refractivity contribution in [2.45, 2.75) is 25.9 Å². The Hall–Kier alpha value is -1.00. The highest BCUT2D eigenvalue weighted by Crippen LogP contribution is 2.24. The van der Waals surface area contributed by atoms with Gasteiger partial charge < -0.3 is 4.98 Å². The van der Waals surface area contributed by atoms with Crippen molar-refractivity contribution < 1.29 is 4.79 Å². The number of carbonyl (C=O) groups is 1. The first-order valence-electron chi connectivity index (χ1n) is 5.67. The first-order chi connectivity index (χ1) is 8.36. The molecule has 3 nitrogen and oxygen atoms in total. The molecule has 0 amide bonds. The van der Waals surface area contributed by atoms with Gasteiger partial charge in [0.2, 0.25) is 0 Å². The number of carbonyl (C=O) groups excluding carboxylic acids is 1. The molecular formula is C13H15ClN2OS. The highest BCUT2D eigenvalue weighted by molar-refractivity contribution is 7.99. The molecule has 0 aliphatic rings. The fourth-order valence-corrected chi connectivity index (χ4v) is 2.60. The van der Waals surface area contributed by atoms with Gasteiger partial charge in [0.15, 0.2) is 5.16 Å². The number of rotatable bonds is 3. The molecule has 1 heterocycles. The summed E-state index contributed by atoms with van der Waals surface area (Å²) < 4.78 is 0. The van der Waals surface area contributed by atoms with Crippen molar-refractivity contribution in [1.82, 2.24) is 9.97 Å². The molecule has 2 aromatic rings. The number of Topliss-reactive ketones (excluding diaryl/α,β-unsaturated/α-hetero) is 1. The van der Waals surface area contributed by atoms with E-state index in [9.17, 15) is 4.79 Å². The summed E-state index contributed by atoms with van der Waals surface area (Å²) in [4.78, 5) is 19.4. The number of aromatic nitrogens is 2. The number of benzene rings is 1. The third-order valence-corrected chi connectivity index (χ3v) is 3.71. The minimum atomic E-state index is -0.303. The highest BCUT2D eigenvalue weighted by Gasteiger charge is 2.21. The van der Waals surface area contributed by atoms with E-state index in [1.54, 1.807) is 6.07 Å². The van der Waals surface area contributed by atoms with Crippen LogP contribution in [-0.4, -0.2) is 21.5 Å². The predicted molar refractivity (Wildman–Crippen MR) is 76.3 cm³/mol. The first kappa shape index (κ1) is 13.4. The number of fused-ring (bicyclic) bond motifs is 1. The van der Waals surface area contributed by atoms with E-state index in [0.29, 0.717) is 10.8 Å². The zero-order chi connectivity index (χ0) is 13.3. The number of hydrogen-bond donors (Lipinski definition) is 1. The normalized spacial score (nSPS) is 12.0. The largest absolute Gasteiger partial charge is 0.333 e. The average Bonchev–Trinajstić information content (AvgIpc) is 2.66. The van der Waals surface area contributed by atoms with E-state index in [0.717, 1.165) is 16.2 Å². The molecule has 0 bridgehead atoms. The maximum Gasteiger partial charge on any atom is 0.166 e. The van der Waals surface area contributed by atoms with Gasteiger partial charge in [0.1, 0.15) is 5.78 Å². The Morgan fingerprint density at radius 2 is 2.17 bits per heavy atom. The van der Waals surface area contributed by atoms with Crippen molar-refractivity contribution in [3.05, 3.63) is 23.2 Å². The van der Waals surface area contributed by atoms with E-state index < -0.39 is 0 Å². The molecule has 96 valence electrons. The molecule has 0 radical (unpaired) electrons. The monoisotopic (exact) mass is 282 g/mol. The molecule has 1 aromatic carbocycles. The summed E-state index contributed by atoms with van der Waals surface area (Å²) in [5.41, 5.74) is 1.46. The van der Waals surface area contributed by atoms with Gasteiger partial charge in [-0.2, -0.15) is 0 Å². The Morgan fingerprint density at radius 1 is 1.44 bits per heavy atom. The predicted octanol–water partition coefficient (Wildman–Crippen LogP) is 3.92. The van der Waals surface area contributed by atoms with Crippen molar-refractivity contribution >= 4 is 40.2 Å². The van der Waals surface area contributed by atoms with Crippen LogP contribution in [0.2, 0.25) is 5.02 Å². The minimum Gasteiger partial charge on any atom is -0.333 e. The second kappa shape index (κ2) is 4.94. The first-order valence-corrected chi connectivity index (χ1v) is 7.04. The Morgan fingerprint density at radius 3 is 2.83 bits per heavy atom. The molecule has 1 N–H and O–H groups in total. The molecule has 1 aromatic heterocycles. The summed E-state index contributed by atoms with van der Waals surface area (Å²) in [6, 6.07) is 5.50. The fourth-order valence-electron chi connectivity index (χ4n) is 1.38. The maximum absolute atomic E-state index is 11.8. The van der Waals surface area contributed by atoms with E-state index >= 15 is 0 Å². The lowest BCUT2D eigenvalue weighted by Crippen LogP contribution is -2.22. The van der Waals surface area contributed by atoms with Gasteiger partial charge in [0.05, 0.1) is 16.8 Å². The number of nitrogens with one attached hydrogen (secondary N) is 1. The quantitative estimate of drug-likeness (QED) is 0.868. The van der Waals surface area contributed by atoms with Gasteiger partial charge in [-0.25, -0.2) is 4.98 Å². The van der Waals surface area contributed by atoms with Gasteiger partial charge in [-0.1, -0.05) is 44.1 Å². The zero-order valence-corrected chi connectivity index (χ0v) is 12.2. The SMILES string of the molecule is CC(C)(C)C(=O)CSc1nc2ccc(Cl)cc2[nH]1. The van der Waals surface area contributed by atoms with Crippen molar-refractivity contribution in [1.29, 1.82) is 0 Å². The van der Waals surface area contributed by atoms with Crippen LogP contribution in [0.15, 0.2) is 23.4 Å². The van der Waals surface area contributed by atoms with Crippen LogP contribution in [0.25, 0.3) is 11.0 Å². The summed E-state index contributed by atoms with van der Waals surface area (Å²) in [6.45, 7) is 5.77. The second-order valence-corrected chi connectivity index (χ2v) is 6.57. The Labute approximate surface area is 115 Å². The lowest BCUT2D eigenvalue weighted by Gasteiger charge is -2.15. The maximum atomic E-state index is 11.8.